The van der Waals surface area contributed by atoms with Crippen molar-refractivity contribution in [3.05, 3.63) is 0 Å². The first kappa shape index (κ1) is 7.89. The van der Waals surface area contributed by atoms with Gasteiger partial charge in [0.15, 0.2) is 0 Å². The molecule has 1 saturated heterocycles. The first-order chi connectivity index (χ1) is 5.34. The molecule has 0 atom stereocenters. The normalized spacial score (nSPS) is 16.1. The lowest BCUT2D eigenvalue weighted by Gasteiger charge is -2.12. The van der Waals surface area contributed by atoms with Crippen molar-refractivity contribution in [1.29, 1.82) is 0 Å². The molecule has 1 rings (SSSR count). The molecular formula is C7H10N2O2. The molecule has 0 saturated carbocycles. The minimum Gasteiger partial charge on any atom is -0.325 e. The summed E-state index contributed by atoms with van der Waals surface area (Å²) in [5, 5.41) is 3.79. The molecule has 0 aromatic carbocycles. The predicted octanol–water partition coefficient (Wildman–Crippen LogP) is -0.0335. The van der Waals surface area contributed by atoms with E-state index in [1.54, 1.807) is 0 Å². The minimum atomic E-state index is -0.250. The van der Waals surface area contributed by atoms with Crippen LogP contribution in [0.4, 0.5) is 4.79 Å². The summed E-state index contributed by atoms with van der Waals surface area (Å²) in [4.78, 5) is 16.0. The predicted molar refractivity (Wildman–Crippen MR) is 39.5 cm³/mol. The lowest BCUT2D eigenvalue weighted by Crippen LogP contribution is -2.37. The molecule has 2 amide bonds. The second-order valence-corrected chi connectivity index (χ2v) is 2.15. The SMILES string of the molecule is C#CCNC(=O)N1CCCO1. The van der Waals surface area contributed by atoms with Crippen LogP contribution in [0, 0.1) is 12.3 Å². The summed E-state index contributed by atoms with van der Waals surface area (Å²) >= 11 is 0. The van der Waals surface area contributed by atoms with Crippen molar-refractivity contribution in [3.63, 3.8) is 0 Å². The monoisotopic (exact) mass is 154 g/mol. The molecule has 0 aromatic heterocycles. The van der Waals surface area contributed by atoms with Crippen molar-refractivity contribution in [2.45, 2.75) is 6.42 Å². The average molecular weight is 154 g/mol. The Morgan fingerprint density at radius 2 is 2.64 bits per heavy atom. The van der Waals surface area contributed by atoms with Gasteiger partial charge in [0, 0.05) is 0 Å². The van der Waals surface area contributed by atoms with Crippen molar-refractivity contribution in [1.82, 2.24) is 10.4 Å². The largest absolute Gasteiger partial charge is 0.342 e. The Labute approximate surface area is 65.5 Å². The van der Waals surface area contributed by atoms with E-state index in [-0.39, 0.29) is 12.6 Å². The van der Waals surface area contributed by atoms with Gasteiger partial charge in [-0.1, -0.05) is 5.92 Å². The summed E-state index contributed by atoms with van der Waals surface area (Å²) in [6.07, 6.45) is 5.84. The number of urea groups is 1. The zero-order chi connectivity index (χ0) is 8.10. The van der Waals surface area contributed by atoms with E-state index in [0.29, 0.717) is 13.2 Å². The Hall–Kier alpha value is -1.21. The molecule has 60 valence electrons. The van der Waals surface area contributed by atoms with Gasteiger partial charge in [-0.25, -0.2) is 9.86 Å². The van der Waals surface area contributed by atoms with Gasteiger partial charge in [-0.05, 0) is 6.42 Å². The van der Waals surface area contributed by atoms with Crippen molar-refractivity contribution in [2.24, 2.45) is 0 Å². The van der Waals surface area contributed by atoms with Gasteiger partial charge in [-0.3, -0.25) is 4.84 Å². The third kappa shape index (κ3) is 2.13. The zero-order valence-electron chi connectivity index (χ0n) is 6.17. The van der Waals surface area contributed by atoms with Crippen LogP contribution in [0.5, 0.6) is 0 Å². The Kier molecular flexibility index (Phi) is 2.75. The number of terminal acetylenes is 1. The number of hydrogen-bond donors (Lipinski definition) is 1. The molecule has 0 bridgehead atoms. The number of hydrogen-bond acceptors (Lipinski definition) is 2. The van der Waals surface area contributed by atoms with E-state index in [4.69, 9.17) is 11.3 Å². The van der Waals surface area contributed by atoms with Gasteiger partial charge in [0.25, 0.3) is 0 Å². The van der Waals surface area contributed by atoms with E-state index < -0.39 is 0 Å². The van der Waals surface area contributed by atoms with Gasteiger partial charge in [0.1, 0.15) is 0 Å². The summed E-state index contributed by atoms with van der Waals surface area (Å²) in [7, 11) is 0. The number of nitrogens with zero attached hydrogens (tertiary/aromatic N) is 1. The molecule has 4 nitrogen and oxygen atoms in total. The van der Waals surface area contributed by atoms with E-state index in [9.17, 15) is 4.79 Å². The molecule has 0 aliphatic carbocycles. The molecular weight excluding hydrogens is 144 g/mol. The van der Waals surface area contributed by atoms with Gasteiger partial charge in [-0.15, -0.1) is 6.42 Å². The first-order valence-corrected chi connectivity index (χ1v) is 3.46. The highest BCUT2D eigenvalue weighted by atomic mass is 16.7. The van der Waals surface area contributed by atoms with Crippen molar-refractivity contribution in [3.8, 4) is 12.3 Å². The number of nitrogens with one attached hydrogen (secondary N) is 1. The number of hydroxylamine groups is 2. The third-order valence-electron chi connectivity index (χ3n) is 1.32. The van der Waals surface area contributed by atoms with Gasteiger partial charge in [-0.2, -0.15) is 0 Å². The van der Waals surface area contributed by atoms with Crippen LogP contribution in [0.15, 0.2) is 0 Å². The van der Waals surface area contributed by atoms with Crippen molar-refractivity contribution >= 4 is 6.03 Å². The Balaban J connectivity index is 2.24. The molecule has 4 heteroatoms. The van der Waals surface area contributed by atoms with Gasteiger partial charge >= 0.3 is 6.03 Å². The number of amides is 2. The third-order valence-corrected chi connectivity index (χ3v) is 1.32. The number of carbonyl (C=O) groups excluding carboxylic acids is 1. The quantitative estimate of drug-likeness (QED) is 0.539. The van der Waals surface area contributed by atoms with Gasteiger partial charge in [0.05, 0.1) is 19.7 Å². The second kappa shape index (κ2) is 3.84. The molecule has 1 aliphatic heterocycles. The van der Waals surface area contributed by atoms with Crippen LogP contribution in [0.2, 0.25) is 0 Å². The number of rotatable bonds is 1. The highest BCUT2D eigenvalue weighted by Crippen LogP contribution is 2.02. The maximum Gasteiger partial charge on any atom is 0.342 e. The summed E-state index contributed by atoms with van der Waals surface area (Å²) in [5.41, 5.74) is 0. The lowest BCUT2D eigenvalue weighted by molar-refractivity contribution is -0.0659. The van der Waals surface area contributed by atoms with E-state index in [1.807, 2.05) is 0 Å². The Bertz CT molecular complexity index is 179. The van der Waals surface area contributed by atoms with E-state index >= 15 is 0 Å². The Morgan fingerprint density at radius 3 is 3.18 bits per heavy atom. The van der Waals surface area contributed by atoms with Crippen LogP contribution >= 0.6 is 0 Å². The molecule has 1 fully saturated rings. The highest BCUT2D eigenvalue weighted by molar-refractivity contribution is 5.73. The topological polar surface area (TPSA) is 41.6 Å². The van der Waals surface area contributed by atoms with Crippen molar-refractivity contribution < 1.29 is 9.63 Å². The van der Waals surface area contributed by atoms with E-state index in [1.165, 1.54) is 5.06 Å². The molecule has 0 spiro atoms. The zero-order valence-corrected chi connectivity index (χ0v) is 6.17. The summed E-state index contributed by atoms with van der Waals surface area (Å²) in [6, 6.07) is -0.250. The molecule has 0 radical (unpaired) electrons. The van der Waals surface area contributed by atoms with Crippen LogP contribution in [0.3, 0.4) is 0 Å². The average Bonchev–Trinajstić information content (AvgIpc) is 2.52. The fourth-order valence-corrected chi connectivity index (χ4v) is 0.822. The van der Waals surface area contributed by atoms with Gasteiger partial charge in [0.2, 0.25) is 0 Å². The molecule has 11 heavy (non-hydrogen) atoms. The maximum atomic E-state index is 11.0. The molecule has 1 aliphatic rings. The van der Waals surface area contributed by atoms with Gasteiger partial charge < -0.3 is 5.32 Å². The fraction of sp³-hybridized carbons (Fsp3) is 0.571. The molecule has 1 N–H and O–H groups in total. The van der Waals surface area contributed by atoms with Crippen LogP contribution in [0.25, 0.3) is 0 Å². The van der Waals surface area contributed by atoms with E-state index in [2.05, 4.69) is 11.2 Å². The van der Waals surface area contributed by atoms with Crippen LogP contribution < -0.4 is 5.32 Å². The summed E-state index contributed by atoms with van der Waals surface area (Å²) in [6.45, 7) is 1.51. The van der Waals surface area contributed by atoms with Crippen LogP contribution in [-0.2, 0) is 4.84 Å². The lowest BCUT2D eigenvalue weighted by atomic mass is 10.5. The van der Waals surface area contributed by atoms with Crippen LogP contribution in [0.1, 0.15) is 6.42 Å². The summed E-state index contributed by atoms with van der Waals surface area (Å²) < 4.78 is 0. The first-order valence-electron chi connectivity index (χ1n) is 3.46. The highest BCUT2D eigenvalue weighted by Gasteiger charge is 2.17. The smallest absolute Gasteiger partial charge is 0.325 e. The van der Waals surface area contributed by atoms with E-state index in [0.717, 1.165) is 6.42 Å². The Morgan fingerprint density at radius 1 is 1.82 bits per heavy atom. The standard InChI is InChI=1S/C7H10N2O2/c1-2-4-8-7(10)9-5-3-6-11-9/h1H,3-6H2,(H,8,10). The molecule has 0 unspecified atom stereocenters. The maximum absolute atomic E-state index is 11.0. The molecule has 1 heterocycles. The second-order valence-electron chi connectivity index (χ2n) is 2.15. The summed E-state index contributed by atoms with van der Waals surface area (Å²) in [5.74, 6) is 2.31. The van der Waals surface area contributed by atoms with Crippen molar-refractivity contribution in [2.75, 3.05) is 19.7 Å². The minimum absolute atomic E-state index is 0.249. The van der Waals surface area contributed by atoms with Crippen LogP contribution in [-0.4, -0.2) is 30.8 Å². The fourth-order valence-electron chi connectivity index (χ4n) is 0.822. The number of carbonyl (C=O) groups is 1. The molecule has 0 aromatic rings.